The minimum atomic E-state index is 0.391. The number of nitrogens with one attached hydrogen (secondary N) is 1. The van der Waals surface area contributed by atoms with E-state index in [1.54, 1.807) is 0 Å². The van der Waals surface area contributed by atoms with Gasteiger partial charge in [-0.25, -0.2) is 0 Å². The molecule has 1 unspecified atom stereocenters. The van der Waals surface area contributed by atoms with E-state index < -0.39 is 0 Å². The fourth-order valence-electron chi connectivity index (χ4n) is 2.46. The van der Waals surface area contributed by atoms with Crippen molar-refractivity contribution in [1.82, 2.24) is 5.32 Å². The molecule has 0 saturated heterocycles. The lowest BCUT2D eigenvalue weighted by molar-refractivity contribution is 0.577. The molecule has 1 N–H and O–H groups in total. The molecule has 0 aliphatic rings. The molecule has 2 heteroatoms. The average Bonchev–Trinajstić information content (AvgIpc) is 2.49. The molecular weight excluding hydrogens is 232 g/mol. The molecule has 0 radical (unpaired) electrons. The van der Waals surface area contributed by atoms with Crippen molar-refractivity contribution in [3.63, 3.8) is 0 Å². The summed E-state index contributed by atoms with van der Waals surface area (Å²) in [7, 11) is 4.14. The zero-order valence-electron chi connectivity index (χ0n) is 11.9. The third-order valence-electron chi connectivity index (χ3n) is 3.57. The smallest absolute Gasteiger partial charge is 0.0456 e. The first kappa shape index (κ1) is 13.6. The molecule has 0 aromatic heterocycles. The monoisotopic (exact) mass is 254 g/mol. The quantitative estimate of drug-likeness (QED) is 0.863. The second kappa shape index (κ2) is 6.39. The number of para-hydroxylation sites is 2. The summed E-state index contributed by atoms with van der Waals surface area (Å²) >= 11 is 0. The first-order chi connectivity index (χ1) is 9.27. The second-order valence-electron chi connectivity index (χ2n) is 4.70. The third kappa shape index (κ3) is 2.96. The number of nitrogens with zero attached hydrogens (tertiary/aromatic N) is 1. The highest BCUT2D eigenvalue weighted by atomic mass is 15.1. The van der Waals surface area contributed by atoms with Crippen LogP contribution in [-0.4, -0.2) is 14.1 Å². The molecule has 2 aromatic carbocycles. The van der Waals surface area contributed by atoms with Crippen LogP contribution in [0.3, 0.4) is 0 Å². The highest BCUT2D eigenvalue weighted by Crippen LogP contribution is 2.31. The molecule has 19 heavy (non-hydrogen) atoms. The SMILES string of the molecule is CCC(NC)c1ccccc1N(C)c1ccccc1. The van der Waals surface area contributed by atoms with E-state index in [9.17, 15) is 0 Å². The molecule has 0 spiro atoms. The summed E-state index contributed by atoms with van der Waals surface area (Å²) in [6.07, 6.45) is 1.08. The second-order valence-corrected chi connectivity index (χ2v) is 4.70. The Morgan fingerprint density at radius 1 is 1.00 bits per heavy atom. The Morgan fingerprint density at radius 2 is 1.63 bits per heavy atom. The summed E-state index contributed by atoms with van der Waals surface area (Å²) in [5.74, 6) is 0. The Hall–Kier alpha value is -1.80. The van der Waals surface area contributed by atoms with Crippen molar-refractivity contribution in [3.8, 4) is 0 Å². The molecule has 100 valence electrons. The number of benzene rings is 2. The summed E-state index contributed by atoms with van der Waals surface area (Å²) in [4.78, 5) is 2.25. The maximum absolute atomic E-state index is 3.39. The summed E-state index contributed by atoms with van der Waals surface area (Å²) in [5.41, 5.74) is 3.81. The summed E-state index contributed by atoms with van der Waals surface area (Å²) in [6.45, 7) is 2.21. The van der Waals surface area contributed by atoms with Gasteiger partial charge in [0.15, 0.2) is 0 Å². The first-order valence-electron chi connectivity index (χ1n) is 6.83. The number of hydrogen-bond donors (Lipinski definition) is 1. The molecule has 0 heterocycles. The van der Waals surface area contributed by atoms with Gasteiger partial charge in [-0.05, 0) is 37.2 Å². The Balaban J connectivity index is 2.39. The maximum Gasteiger partial charge on any atom is 0.0456 e. The van der Waals surface area contributed by atoms with Crippen molar-refractivity contribution in [1.29, 1.82) is 0 Å². The van der Waals surface area contributed by atoms with Gasteiger partial charge in [-0.1, -0.05) is 43.3 Å². The van der Waals surface area contributed by atoms with Crippen LogP contribution in [0.15, 0.2) is 54.6 Å². The average molecular weight is 254 g/mol. The van der Waals surface area contributed by atoms with Crippen molar-refractivity contribution in [2.45, 2.75) is 19.4 Å². The van der Waals surface area contributed by atoms with E-state index in [-0.39, 0.29) is 0 Å². The molecule has 2 rings (SSSR count). The summed E-state index contributed by atoms with van der Waals surface area (Å²) < 4.78 is 0. The van der Waals surface area contributed by atoms with Crippen LogP contribution in [0.2, 0.25) is 0 Å². The largest absolute Gasteiger partial charge is 0.344 e. The first-order valence-corrected chi connectivity index (χ1v) is 6.83. The molecule has 2 aromatic rings. The molecule has 0 bridgehead atoms. The van der Waals surface area contributed by atoms with Gasteiger partial charge in [0.2, 0.25) is 0 Å². The third-order valence-corrected chi connectivity index (χ3v) is 3.57. The van der Waals surface area contributed by atoms with Crippen LogP contribution < -0.4 is 10.2 Å². The van der Waals surface area contributed by atoms with E-state index in [0.717, 1.165) is 6.42 Å². The van der Waals surface area contributed by atoms with E-state index in [1.807, 2.05) is 13.1 Å². The van der Waals surface area contributed by atoms with Crippen molar-refractivity contribution in [2.24, 2.45) is 0 Å². The van der Waals surface area contributed by atoms with Gasteiger partial charge in [0.05, 0.1) is 0 Å². The van der Waals surface area contributed by atoms with Crippen LogP contribution in [-0.2, 0) is 0 Å². The van der Waals surface area contributed by atoms with Crippen molar-refractivity contribution < 1.29 is 0 Å². The molecule has 2 nitrogen and oxygen atoms in total. The predicted octanol–water partition coefficient (Wildman–Crippen LogP) is 4.13. The van der Waals surface area contributed by atoms with Crippen LogP contribution in [0.25, 0.3) is 0 Å². The van der Waals surface area contributed by atoms with E-state index in [4.69, 9.17) is 0 Å². The number of anilines is 2. The molecule has 0 aliphatic carbocycles. The van der Waals surface area contributed by atoms with Crippen LogP contribution in [0.4, 0.5) is 11.4 Å². The van der Waals surface area contributed by atoms with Gasteiger partial charge in [-0.15, -0.1) is 0 Å². The Morgan fingerprint density at radius 3 is 2.26 bits per heavy atom. The van der Waals surface area contributed by atoms with Crippen LogP contribution in [0.5, 0.6) is 0 Å². The lowest BCUT2D eigenvalue weighted by atomic mass is 10.0. The number of rotatable bonds is 5. The minimum absolute atomic E-state index is 0.391. The number of hydrogen-bond acceptors (Lipinski definition) is 2. The van der Waals surface area contributed by atoms with Gasteiger partial charge in [0.25, 0.3) is 0 Å². The molecule has 0 fully saturated rings. The molecule has 0 saturated carbocycles. The Bertz CT molecular complexity index is 504. The molecule has 1 atom stereocenters. The standard InChI is InChI=1S/C17H22N2/c1-4-16(18-2)15-12-8-9-13-17(15)19(3)14-10-6-5-7-11-14/h5-13,16,18H,4H2,1-3H3. The molecular formula is C17H22N2. The zero-order valence-corrected chi connectivity index (χ0v) is 11.9. The van der Waals surface area contributed by atoms with Gasteiger partial charge in [-0.2, -0.15) is 0 Å². The van der Waals surface area contributed by atoms with E-state index in [0.29, 0.717) is 6.04 Å². The predicted molar refractivity (Wildman–Crippen MR) is 83.0 cm³/mol. The molecule has 0 amide bonds. The van der Waals surface area contributed by atoms with Crippen molar-refractivity contribution in [2.75, 3.05) is 19.0 Å². The Labute approximate surface area is 116 Å². The summed E-state index contributed by atoms with van der Waals surface area (Å²) in [6, 6.07) is 19.5. The van der Waals surface area contributed by atoms with Gasteiger partial charge in [0.1, 0.15) is 0 Å². The highest BCUT2D eigenvalue weighted by Gasteiger charge is 2.14. The fourth-order valence-corrected chi connectivity index (χ4v) is 2.46. The van der Waals surface area contributed by atoms with Crippen LogP contribution >= 0.6 is 0 Å². The van der Waals surface area contributed by atoms with E-state index in [1.165, 1.54) is 16.9 Å². The van der Waals surface area contributed by atoms with Crippen LogP contribution in [0, 0.1) is 0 Å². The van der Waals surface area contributed by atoms with E-state index >= 15 is 0 Å². The normalized spacial score (nSPS) is 12.2. The van der Waals surface area contributed by atoms with Crippen molar-refractivity contribution in [3.05, 3.63) is 60.2 Å². The lowest BCUT2D eigenvalue weighted by Gasteiger charge is -2.26. The minimum Gasteiger partial charge on any atom is -0.344 e. The summed E-state index contributed by atoms with van der Waals surface area (Å²) in [5, 5.41) is 3.39. The van der Waals surface area contributed by atoms with Crippen LogP contribution in [0.1, 0.15) is 24.9 Å². The maximum atomic E-state index is 3.39. The Kier molecular flexibility index (Phi) is 4.58. The van der Waals surface area contributed by atoms with Crippen molar-refractivity contribution >= 4 is 11.4 Å². The highest BCUT2D eigenvalue weighted by molar-refractivity contribution is 5.66. The topological polar surface area (TPSA) is 15.3 Å². The molecule has 0 aliphatic heterocycles. The van der Waals surface area contributed by atoms with Gasteiger partial charge >= 0.3 is 0 Å². The fraction of sp³-hybridized carbons (Fsp3) is 0.294. The lowest BCUT2D eigenvalue weighted by Crippen LogP contribution is -2.19. The van der Waals surface area contributed by atoms with Gasteiger partial charge in [-0.3, -0.25) is 0 Å². The van der Waals surface area contributed by atoms with Gasteiger partial charge in [0, 0.05) is 24.5 Å². The van der Waals surface area contributed by atoms with E-state index in [2.05, 4.69) is 72.7 Å². The zero-order chi connectivity index (χ0) is 13.7. The van der Waals surface area contributed by atoms with Gasteiger partial charge < -0.3 is 10.2 Å².